The SMILES string of the molecule is CO[C@@H]1/C=C(C)/C=C/[C@@H](C)/C=C/C(=O)O[C@H](/C(C)=C/C=C(\C)CNC(=O)[C@H](CO)NC=O)[C@@H](C)/C=C/C=C/[C@@H](OC)CC/C=C(C)/C=C/C1. The van der Waals surface area contributed by atoms with Crippen LogP contribution in [-0.2, 0) is 28.6 Å². The lowest BCUT2D eigenvalue weighted by Gasteiger charge is -2.22. The molecule has 49 heavy (non-hydrogen) atoms. The van der Waals surface area contributed by atoms with Crippen molar-refractivity contribution in [1.29, 1.82) is 0 Å². The van der Waals surface area contributed by atoms with E-state index in [9.17, 15) is 19.5 Å². The molecular formula is C40H58N2O7. The Morgan fingerprint density at radius 3 is 2.37 bits per heavy atom. The highest BCUT2D eigenvalue weighted by molar-refractivity contribution is 5.84. The summed E-state index contributed by atoms with van der Waals surface area (Å²) in [5, 5.41) is 14.3. The van der Waals surface area contributed by atoms with Gasteiger partial charge in [0.15, 0.2) is 0 Å². The van der Waals surface area contributed by atoms with E-state index in [1.165, 1.54) is 11.6 Å². The molecule has 0 saturated heterocycles. The van der Waals surface area contributed by atoms with Gasteiger partial charge in [0.25, 0.3) is 0 Å². The number of carbonyl (C=O) groups is 3. The molecule has 1 rings (SSSR count). The molecule has 0 fully saturated rings. The molecule has 1 aliphatic heterocycles. The van der Waals surface area contributed by atoms with Crippen LogP contribution in [0, 0.1) is 11.8 Å². The summed E-state index contributed by atoms with van der Waals surface area (Å²) in [6.07, 6.45) is 29.7. The zero-order valence-corrected chi connectivity index (χ0v) is 30.6. The van der Waals surface area contributed by atoms with E-state index in [-0.39, 0.29) is 30.6 Å². The second-order valence-electron chi connectivity index (χ2n) is 12.3. The Kier molecular flexibility index (Phi) is 21.9. The van der Waals surface area contributed by atoms with Gasteiger partial charge in [0.2, 0.25) is 12.3 Å². The van der Waals surface area contributed by atoms with E-state index in [0.717, 1.165) is 36.0 Å². The number of hydrogen-bond donors (Lipinski definition) is 3. The third-order valence-corrected chi connectivity index (χ3v) is 7.88. The molecule has 2 amide bonds. The molecule has 9 heteroatoms. The van der Waals surface area contributed by atoms with Gasteiger partial charge in [0, 0.05) is 32.8 Å². The first-order valence-electron chi connectivity index (χ1n) is 16.8. The monoisotopic (exact) mass is 678 g/mol. The molecule has 0 aliphatic carbocycles. The van der Waals surface area contributed by atoms with Crippen LogP contribution in [0.15, 0.2) is 107 Å². The highest BCUT2D eigenvalue weighted by atomic mass is 16.5. The number of hydrogen-bond acceptors (Lipinski definition) is 7. The zero-order chi connectivity index (χ0) is 36.6. The van der Waals surface area contributed by atoms with Crippen molar-refractivity contribution in [3.63, 3.8) is 0 Å². The molecule has 9 nitrogen and oxygen atoms in total. The number of allylic oxidation sites excluding steroid dienone is 11. The first-order chi connectivity index (χ1) is 23.4. The van der Waals surface area contributed by atoms with Crippen LogP contribution < -0.4 is 10.6 Å². The minimum absolute atomic E-state index is 0.00523. The van der Waals surface area contributed by atoms with Crippen LogP contribution in [0.4, 0.5) is 0 Å². The summed E-state index contributed by atoms with van der Waals surface area (Å²) >= 11 is 0. The third kappa shape index (κ3) is 18.9. The van der Waals surface area contributed by atoms with Crippen LogP contribution in [0.25, 0.3) is 0 Å². The van der Waals surface area contributed by atoms with Crippen molar-refractivity contribution < 1.29 is 33.7 Å². The van der Waals surface area contributed by atoms with Gasteiger partial charge in [-0.2, -0.15) is 0 Å². The van der Waals surface area contributed by atoms with E-state index >= 15 is 0 Å². The van der Waals surface area contributed by atoms with Gasteiger partial charge in [0.1, 0.15) is 12.1 Å². The largest absolute Gasteiger partial charge is 0.454 e. The second kappa shape index (κ2) is 25.0. The van der Waals surface area contributed by atoms with Crippen LogP contribution in [0.1, 0.15) is 60.8 Å². The number of rotatable bonds is 10. The molecule has 0 bridgehead atoms. The normalized spacial score (nSPS) is 30.1. The van der Waals surface area contributed by atoms with Crippen molar-refractivity contribution in [3.05, 3.63) is 107 Å². The van der Waals surface area contributed by atoms with Crippen LogP contribution in [0.5, 0.6) is 0 Å². The molecule has 0 spiro atoms. The molecule has 270 valence electrons. The van der Waals surface area contributed by atoms with Gasteiger partial charge in [-0.15, -0.1) is 0 Å². The highest BCUT2D eigenvalue weighted by Crippen LogP contribution is 2.20. The Labute approximate surface area is 293 Å². The van der Waals surface area contributed by atoms with Crippen molar-refractivity contribution in [3.8, 4) is 0 Å². The topological polar surface area (TPSA) is 123 Å². The summed E-state index contributed by atoms with van der Waals surface area (Å²) in [5.41, 5.74) is 3.90. The van der Waals surface area contributed by atoms with E-state index in [2.05, 4.69) is 41.9 Å². The van der Waals surface area contributed by atoms with E-state index < -0.39 is 30.6 Å². The number of esters is 1. The first-order valence-corrected chi connectivity index (χ1v) is 16.8. The van der Waals surface area contributed by atoms with E-state index in [4.69, 9.17) is 14.2 Å². The number of carbonyl (C=O) groups excluding carboxylic acids is 3. The lowest BCUT2D eigenvalue weighted by molar-refractivity contribution is -0.142. The Morgan fingerprint density at radius 1 is 1.00 bits per heavy atom. The Bertz CT molecular complexity index is 1320. The van der Waals surface area contributed by atoms with Gasteiger partial charge >= 0.3 is 5.97 Å². The quantitative estimate of drug-likeness (QED) is 0.143. The fourth-order valence-corrected chi connectivity index (χ4v) is 4.78. The molecule has 1 aliphatic rings. The van der Waals surface area contributed by atoms with Crippen molar-refractivity contribution in [2.75, 3.05) is 27.4 Å². The zero-order valence-electron chi connectivity index (χ0n) is 30.6. The van der Waals surface area contributed by atoms with Crippen LogP contribution in [0.2, 0.25) is 0 Å². The van der Waals surface area contributed by atoms with Crippen LogP contribution in [0.3, 0.4) is 0 Å². The first kappa shape index (κ1) is 43.0. The summed E-state index contributed by atoms with van der Waals surface area (Å²) in [6.45, 7) is 11.6. The van der Waals surface area contributed by atoms with Crippen molar-refractivity contribution in [2.45, 2.75) is 85.2 Å². The van der Waals surface area contributed by atoms with Gasteiger partial charge in [0.05, 0.1) is 18.8 Å². The molecule has 1 heterocycles. The molecule has 0 unspecified atom stereocenters. The molecule has 0 saturated carbocycles. The second-order valence-corrected chi connectivity index (χ2v) is 12.3. The number of amides is 2. The number of nitrogens with one attached hydrogen (secondary N) is 2. The Morgan fingerprint density at radius 2 is 1.69 bits per heavy atom. The summed E-state index contributed by atoms with van der Waals surface area (Å²) in [7, 11) is 3.41. The predicted molar refractivity (Wildman–Crippen MR) is 197 cm³/mol. The van der Waals surface area contributed by atoms with E-state index in [1.807, 2.05) is 89.3 Å². The van der Waals surface area contributed by atoms with Gasteiger partial charge in [-0.25, -0.2) is 4.79 Å². The minimum atomic E-state index is -1.01. The Hall–Kier alpha value is -4.05. The molecule has 0 aromatic heterocycles. The number of cyclic esters (lactones) is 1. The number of aliphatic hydroxyl groups excluding tert-OH is 1. The molecule has 6 atom stereocenters. The lowest BCUT2D eigenvalue weighted by atomic mass is 9.96. The standard InChI is InChI=1S/C40H58N2O7/c1-29-13-11-17-35(47-7)16-10-9-15-33(5)39(34(6)23-21-32(4)26-41-40(46)37(27-43)42-28-44)49-38(45)24-22-30(2)19-20-31(3)25-36(48-8)18-12-14-29/h9-10,12-16,19-25,28,30,33,35-37,39,43H,11,17-18,26-27H2,1-8H3,(H,41,46)(H,42,44)/b14-12+,15-9+,16-10+,20-19+,24-22+,29-13+,31-25+,32-21+,34-23+/t30-,33+,35-,36+,37+,39+/m1/s1. The average molecular weight is 679 g/mol. The summed E-state index contributed by atoms with van der Waals surface area (Å²) in [4.78, 5) is 35.9. The molecule has 0 aromatic carbocycles. The fourth-order valence-electron chi connectivity index (χ4n) is 4.78. The average Bonchev–Trinajstić information content (AvgIpc) is 3.08. The maximum Gasteiger partial charge on any atom is 0.331 e. The minimum Gasteiger partial charge on any atom is -0.454 e. The smallest absolute Gasteiger partial charge is 0.331 e. The van der Waals surface area contributed by atoms with Crippen LogP contribution in [-0.4, -0.2) is 75.1 Å². The number of ether oxygens (including phenoxy) is 3. The third-order valence-electron chi connectivity index (χ3n) is 7.88. The maximum atomic E-state index is 13.0. The van der Waals surface area contributed by atoms with Gasteiger partial charge in [-0.1, -0.05) is 110 Å². The maximum absolute atomic E-state index is 13.0. The van der Waals surface area contributed by atoms with Crippen molar-refractivity contribution in [1.82, 2.24) is 10.6 Å². The predicted octanol–water partition coefficient (Wildman–Crippen LogP) is 6.17. The molecular weight excluding hydrogens is 620 g/mol. The lowest BCUT2D eigenvalue weighted by Crippen LogP contribution is -2.46. The summed E-state index contributed by atoms with van der Waals surface area (Å²) in [5.74, 6) is -1.10. The van der Waals surface area contributed by atoms with E-state index in [0.29, 0.717) is 6.41 Å². The number of aliphatic hydroxyl groups is 1. The molecule has 0 aromatic rings. The van der Waals surface area contributed by atoms with Gasteiger partial charge in [-0.05, 0) is 58.4 Å². The van der Waals surface area contributed by atoms with Crippen molar-refractivity contribution in [2.24, 2.45) is 11.8 Å². The van der Waals surface area contributed by atoms with Gasteiger partial charge < -0.3 is 30.0 Å². The summed E-state index contributed by atoms with van der Waals surface area (Å²) in [6, 6.07) is -1.01. The van der Waals surface area contributed by atoms with E-state index in [1.54, 1.807) is 14.2 Å². The molecule has 3 N–H and O–H groups in total. The van der Waals surface area contributed by atoms with Crippen molar-refractivity contribution >= 4 is 18.3 Å². The fraction of sp³-hybridized carbons (Fsp3) is 0.475. The van der Waals surface area contributed by atoms with Crippen LogP contribution >= 0.6 is 0 Å². The summed E-state index contributed by atoms with van der Waals surface area (Å²) < 4.78 is 17.3. The van der Waals surface area contributed by atoms with Gasteiger partial charge in [-0.3, -0.25) is 9.59 Å². The highest BCUT2D eigenvalue weighted by Gasteiger charge is 2.21. The Balaban J connectivity index is 3.31. The molecule has 0 radical (unpaired) electrons. The number of methoxy groups -OCH3 is 2.